The van der Waals surface area contributed by atoms with E-state index in [0.29, 0.717) is 29.9 Å². The van der Waals surface area contributed by atoms with Crippen molar-refractivity contribution < 1.29 is 23.5 Å². The zero-order valence-electron chi connectivity index (χ0n) is 25.0. The Kier molecular flexibility index (Phi) is 9.31. The number of fused-ring (bicyclic) bond motifs is 1. The summed E-state index contributed by atoms with van der Waals surface area (Å²) in [4.78, 5) is 40.5. The molecule has 43 heavy (non-hydrogen) atoms. The lowest BCUT2D eigenvalue weighted by atomic mass is 10.0. The third-order valence-electron chi connectivity index (χ3n) is 7.29. The van der Waals surface area contributed by atoms with Gasteiger partial charge in [0, 0.05) is 6.54 Å². The number of hydrogen-bond donors (Lipinski definition) is 1. The van der Waals surface area contributed by atoms with Crippen LogP contribution in [0.3, 0.4) is 0 Å². The minimum atomic E-state index is -0.588. The number of esters is 1. The fourth-order valence-corrected chi connectivity index (χ4v) is 5.36. The van der Waals surface area contributed by atoms with Crippen molar-refractivity contribution in [2.24, 2.45) is 0 Å². The van der Waals surface area contributed by atoms with Gasteiger partial charge < -0.3 is 24.1 Å². The minimum absolute atomic E-state index is 0.135. The van der Waals surface area contributed by atoms with Gasteiger partial charge in [0.1, 0.15) is 11.4 Å². The summed E-state index contributed by atoms with van der Waals surface area (Å²) >= 11 is 0. The fourth-order valence-electron chi connectivity index (χ4n) is 5.36. The van der Waals surface area contributed by atoms with Gasteiger partial charge in [0.2, 0.25) is 5.91 Å². The van der Waals surface area contributed by atoms with Gasteiger partial charge in [0.25, 0.3) is 0 Å². The average molecular weight is 586 g/mol. The molecular formula is C34H39N3O6. The van der Waals surface area contributed by atoms with Gasteiger partial charge in [-0.25, -0.2) is 9.59 Å². The van der Waals surface area contributed by atoms with Crippen molar-refractivity contribution in [2.45, 2.75) is 58.2 Å². The second-order valence-electron chi connectivity index (χ2n) is 12.0. The van der Waals surface area contributed by atoms with Crippen LogP contribution in [0.5, 0.6) is 5.75 Å². The number of hydrogen-bond acceptors (Lipinski definition) is 7. The molecule has 2 heterocycles. The van der Waals surface area contributed by atoms with E-state index in [0.717, 1.165) is 42.6 Å². The van der Waals surface area contributed by atoms with Crippen molar-refractivity contribution in [1.29, 1.82) is 0 Å². The molecule has 0 radical (unpaired) electrons. The van der Waals surface area contributed by atoms with Crippen LogP contribution in [0.4, 0.5) is 0 Å². The molecule has 1 aromatic heterocycles. The average Bonchev–Trinajstić information content (AvgIpc) is 3.59. The molecule has 4 aromatic rings. The first-order chi connectivity index (χ1) is 20.6. The Morgan fingerprint density at radius 1 is 0.953 bits per heavy atom. The van der Waals surface area contributed by atoms with Crippen LogP contribution in [0, 0.1) is 0 Å². The molecular weight excluding hydrogens is 546 g/mol. The largest absolute Gasteiger partial charge is 0.482 e. The highest BCUT2D eigenvalue weighted by molar-refractivity contribution is 5.81. The van der Waals surface area contributed by atoms with Gasteiger partial charge in [0.15, 0.2) is 12.2 Å². The SMILES string of the molecule is CC(C)(C)OC(=O)COc1cccc([C@@H](CN2CCCC2)NC(=O)Cc2ccc3oc(=O)n(Cc4ccccc4)c3c2)c1. The second-order valence-corrected chi connectivity index (χ2v) is 12.0. The number of oxazole rings is 1. The Labute approximate surface area is 251 Å². The van der Waals surface area contributed by atoms with Crippen molar-refractivity contribution >= 4 is 23.0 Å². The number of amides is 1. The van der Waals surface area contributed by atoms with E-state index >= 15 is 0 Å². The van der Waals surface area contributed by atoms with Crippen LogP contribution in [0.15, 0.2) is 82.0 Å². The second kappa shape index (κ2) is 13.3. The van der Waals surface area contributed by atoms with Crippen molar-refractivity contribution in [3.8, 4) is 5.75 Å². The van der Waals surface area contributed by atoms with Crippen LogP contribution >= 0.6 is 0 Å². The summed E-state index contributed by atoms with van der Waals surface area (Å²) in [6.07, 6.45) is 2.41. The van der Waals surface area contributed by atoms with Crippen molar-refractivity contribution in [2.75, 3.05) is 26.2 Å². The number of aromatic nitrogens is 1. The zero-order chi connectivity index (χ0) is 30.4. The van der Waals surface area contributed by atoms with Crippen molar-refractivity contribution in [3.63, 3.8) is 0 Å². The topological polar surface area (TPSA) is 103 Å². The molecule has 226 valence electrons. The number of nitrogens with one attached hydrogen (secondary N) is 1. The summed E-state index contributed by atoms with van der Waals surface area (Å²) < 4.78 is 18.1. The highest BCUT2D eigenvalue weighted by atomic mass is 16.6. The Morgan fingerprint density at radius 3 is 2.47 bits per heavy atom. The third kappa shape index (κ3) is 8.35. The highest BCUT2D eigenvalue weighted by Crippen LogP contribution is 2.23. The van der Waals surface area contributed by atoms with Gasteiger partial charge in [-0.05, 0) is 87.7 Å². The quantitative estimate of drug-likeness (QED) is 0.251. The summed E-state index contributed by atoms with van der Waals surface area (Å²) in [5.74, 6) is -0.474. The Hall–Kier alpha value is -4.37. The summed E-state index contributed by atoms with van der Waals surface area (Å²) in [5.41, 5.74) is 3.21. The molecule has 5 rings (SSSR count). The van der Waals surface area contributed by atoms with Gasteiger partial charge in [-0.1, -0.05) is 48.5 Å². The first kappa shape index (κ1) is 30.1. The fraction of sp³-hybridized carbons (Fsp3) is 0.382. The van der Waals surface area contributed by atoms with Crippen molar-refractivity contribution in [3.05, 3.63) is 100 Å². The van der Waals surface area contributed by atoms with Gasteiger partial charge >= 0.3 is 11.7 Å². The number of benzene rings is 3. The molecule has 9 heteroatoms. The molecule has 1 fully saturated rings. The number of ether oxygens (including phenoxy) is 2. The first-order valence-electron chi connectivity index (χ1n) is 14.8. The van der Waals surface area contributed by atoms with E-state index in [1.54, 1.807) is 16.7 Å². The molecule has 1 aliphatic heterocycles. The normalized spacial score (nSPS) is 14.5. The summed E-state index contributed by atoms with van der Waals surface area (Å²) in [6.45, 7) is 8.26. The third-order valence-corrected chi connectivity index (χ3v) is 7.29. The monoisotopic (exact) mass is 585 g/mol. The molecule has 0 bridgehead atoms. The molecule has 1 amide bonds. The summed E-state index contributed by atoms with van der Waals surface area (Å²) in [7, 11) is 0. The zero-order valence-corrected chi connectivity index (χ0v) is 25.0. The van der Waals surface area contributed by atoms with Crippen LogP contribution in [0.25, 0.3) is 11.1 Å². The van der Waals surface area contributed by atoms with Gasteiger partial charge in [-0.2, -0.15) is 0 Å². The minimum Gasteiger partial charge on any atom is -0.482 e. The first-order valence-corrected chi connectivity index (χ1v) is 14.8. The van der Waals surface area contributed by atoms with Crippen molar-refractivity contribution in [1.82, 2.24) is 14.8 Å². The van der Waals surface area contributed by atoms with E-state index in [1.807, 2.05) is 81.4 Å². The van der Waals surface area contributed by atoms with Gasteiger partial charge in [-0.3, -0.25) is 9.36 Å². The van der Waals surface area contributed by atoms with Crippen LogP contribution in [0.2, 0.25) is 0 Å². The molecule has 3 aromatic carbocycles. The van der Waals surface area contributed by atoms with E-state index in [-0.39, 0.29) is 25.0 Å². The Balaban J connectivity index is 1.30. The summed E-state index contributed by atoms with van der Waals surface area (Å²) in [5, 5.41) is 3.22. The molecule has 0 saturated carbocycles. The molecule has 1 atom stereocenters. The van der Waals surface area contributed by atoms with Crippen LogP contribution in [-0.4, -0.2) is 53.2 Å². The maximum atomic E-state index is 13.4. The highest BCUT2D eigenvalue weighted by Gasteiger charge is 2.22. The molecule has 9 nitrogen and oxygen atoms in total. The predicted molar refractivity (Wildman–Crippen MR) is 164 cm³/mol. The molecule has 1 aliphatic rings. The molecule has 1 saturated heterocycles. The number of rotatable bonds is 11. The van der Waals surface area contributed by atoms with Crippen LogP contribution < -0.4 is 15.8 Å². The Morgan fingerprint density at radius 2 is 1.72 bits per heavy atom. The van der Waals surface area contributed by atoms with E-state index in [9.17, 15) is 14.4 Å². The van der Waals surface area contributed by atoms with Gasteiger partial charge in [0.05, 0.1) is 24.5 Å². The van der Waals surface area contributed by atoms with E-state index in [2.05, 4.69) is 10.2 Å². The predicted octanol–water partition coefficient (Wildman–Crippen LogP) is 4.86. The smallest absolute Gasteiger partial charge is 0.420 e. The molecule has 0 aliphatic carbocycles. The van der Waals surface area contributed by atoms with E-state index < -0.39 is 17.3 Å². The molecule has 0 unspecified atom stereocenters. The number of carbonyl (C=O) groups is 2. The van der Waals surface area contributed by atoms with E-state index in [1.165, 1.54) is 0 Å². The van der Waals surface area contributed by atoms with Crippen LogP contribution in [0.1, 0.15) is 56.3 Å². The number of likely N-dealkylation sites (tertiary alicyclic amines) is 1. The van der Waals surface area contributed by atoms with Crippen LogP contribution in [-0.2, 0) is 27.3 Å². The molecule has 0 spiro atoms. The maximum Gasteiger partial charge on any atom is 0.420 e. The number of carbonyl (C=O) groups excluding carboxylic acids is 2. The number of nitrogens with zero attached hydrogens (tertiary/aromatic N) is 2. The van der Waals surface area contributed by atoms with Gasteiger partial charge in [-0.15, -0.1) is 0 Å². The Bertz CT molecular complexity index is 1610. The lowest BCUT2D eigenvalue weighted by molar-refractivity contribution is -0.157. The van der Waals surface area contributed by atoms with E-state index in [4.69, 9.17) is 13.9 Å². The lowest BCUT2D eigenvalue weighted by Crippen LogP contribution is -2.37. The maximum absolute atomic E-state index is 13.4. The standard InChI is InChI=1S/C34H39N3O6/c1-34(2,3)43-32(39)23-41-27-13-9-12-26(20-27)28(22-36-16-7-8-17-36)35-31(38)19-25-14-15-30-29(18-25)37(33(40)42-30)21-24-10-5-4-6-11-24/h4-6,9-15,18,20,28H,7-8,16-17,19,21-23H2,1-3H3,(H,35,38)/t28-/m1/s1. The molecule has 1 N–H and O–H groups in total. The lowest BCUT2D eigenvalue weighted by Gasteiger charge is -2.25. The summed E-state index contributed by atoms with van der Waals surface area (Å²) in [6, 6.07) is 22.3.